The lowest BCUT2D eigenvalue weighted by Gasteiger charge is -2.21. The van der Waals surface area contributed by atoms with Crippen molar-refractivity contribution in [1.82, 2.24) is 14.4 Å². The lowest BCUT2D eigenvalue weighted by Crippen LogP contribution is -2.32. The summed E-state index contributed by atoms with van der Waals surface area (Å²) in [5.74, 6) is 0.0456. The molecule has 1 saturated heterocycles. The first kappa shape index (κ1) is 22.4. The second-order valence-electron chi connectivity index (χ2n) is 7.29. The highest BCUT2D eigenvalue weighted by atomic mass is 32.2. The predicted octanol–water partition coefficient (Wildman–Crippen LogP) is 3.73. The first-order chi connectivity index (χ1) is 15.5. The fourth-order valence-corrected chi connectivity index (χ4v) is 5.78. The van der Waals surface area contributed by atoms with Crippen LogP contribution in [0.1, 0.15) is 41.9 Å². The van der Waals surface area contributed by atoms with E-state index in [9.17, 15) is 13.2 Å². The fourth-order valence-electron chi connectivity index (χ4n) is 3.46. The van der Waals surface area contributed by atoms with Gasteiger partial charge in [0.2, 0.25) is 15.8 Å². The zero-order chi connectivity index (χ0) is 22.6. The summed E-state index contributed by atoms with van der Waals surface area (Å²) in [7, 11) is -2.41. The summed E-state index contributed by atoms with van der Waals surface area (Å²) in [6, 6.07) is 6.08. The number of hydrogen-bond acceptors (Lipinski definition) is 9. The Kier molecular flexibility index (Phi) is 6.87. The third kappa shape index (κ3) is 4.84. The molecule has 0 spiro atoms. The Morgan fingerprint density at radius 2 is 1.97 bits per heavy atom. The average molecular weight is 478 g/mol. The van der Waals surface area contributed by atoms with E-state index in [0.717, 1.165) is 31.2 Å². The molecule has 4 rings (SSSR count). The number of hydrogen-bond donors (Lipinski definition) is 0. The van der Waals surface area contributed by atoms with Crippen LogP contribution < -0.4 is 4.74 Å². The molecular formula is C21H23N3O6S2. The van der Waals surface area contributed by atoms with Gasteiger partial charge in [-0.25, -0.2) is 13.2 Å². The average Bonchev–Trinajstić information content (AvgIpc) is 3.43. The predicted molar refractivity (Wildman–Crippen MR) is 117 cm³/mol. The Balaban J connectivity index is 1.50. The molecule has 170 valence electrons. The van der Waals surface area contributed by atoms with E-state index in [2.05, 4.69) is 10.1 Å². The molecule has 0 bridgehead atoms. The van der Waals surface area contributed by atoms with Crippen molar-refractivity contribution in [3.63, 3.8) is 0 Å². The number of nitrogens with zero attached hydrogens (tertiary/aromatic N) is 3. The van der Waals surface area contributed by atoms with Gasteiger partial charge in [-0.3, -0.25) is 0 Å². The minimum atomic E-state index is -3.81. The summed E-state index contributed by atoms with van der Waals surface area (Å²) in [5, 5.41) is 7.57. The molecule has 0 radical (unpaired) electrons. The Morgan fingerprint density at radius 3 is 2.66 bits per heavy atom. The number of carbonyl (C=O) groups excluding carboxylic acids is 1. The molecule has 2 aromatic heterocycles. The number of sulfonamides is 1. The first-order valence-electron chi connectivity index (χ1n) is 10.2. The zero-order valence-electron chi connectivity index (χ0n) is 17.5. The third-order valence-electron chi connectivity index (χ3n) is 5.15. The van der Waals surface area contributed by atoms with Crippen molar-refractivity contribution >= 4 is 27.3 Å². The molecule has 9 nitrogen and oxygen atoms in total. The van der Waals surface area contributed by atoms with Crippen LogP contribution in [0.25, 0.3) is 11.5 Å². The van der Waals surface area contributed by atoms with Gasteiger partial charge in [0.15, 0.2) is 6.61 Å². The minimum absolute atomic E-state index is 0.0457. The van der Waals surface area contributed by atoms with Crippen LogP contribution in [-0.2, 0) is 21.4 Å². The highest BCUT2D eigenvalue weighted by molar-refractivity contribution is 7.89. The molecule has 1 aliphatic heterocycles. The molecule has 1 fully saturated rings. The van der Waals surface area contributed by atoms with Crippen LogP contribution in [0.3, 0.4) is 0 Å². The SMILES string of the molecule is COc1ccc(C(=O)OCc2noc(-c3ccsc3)n2)cc1S(=O)(=O)N1CCCCCC1. The van der Waals surface area contributed by atoms with Crippen LogP contribution in [0.5, 0.6) is 5.75 Å². The van der Waals surface area contributed by atoms with E-state index in [1.165, 1.54) is 41.0 Å². The Morgan fingerprint density at radius 1 is 1.19 bits per heavy atom. The minimum Gasteiger partial charge on any atom is -0.495 e. The van der Waals surface area contributed by atoms with Gasteiger partial charge in [0, 0.05) is 18.5 Å². The molecule has 0 unspecified atom stereocenters. The molecule has 0 N–H and O–H groups in total. The number of aromatic nitrogens is 2. The Bertz CT molecular complexity index is 1170. The van der Waals surface area contributed by atoms with Crippen molar-refractivity contribution < 1.29 is 27.2 Å². The number of methoxy groups -OCH3 is 1. The van der Waals surface area contributed by atoms with Gasteiger partial charge in [-0.2, -0.15) is 20.6 Å². The molecule has 0 aliphatic carbocycles. The second kappa shape index (κ2) is 9.80. The van der Waals surface area contributed by atoms with Crippen molar-refractivity contribution in [3.05, 3.63) is 46.4 Å². The summed E-state index contributed by atoms with van der Waals surface area (Å²) >= 11 is 1.50. The second-order valence-corrected chi connectivity index (χ2v) is 9.97. The topological polar surface area (TPSA) is 112 Å². The number of rotatable bonds is 7. The van der Waals surface area contributed by atoms with Crippen molar-refractivity contribution in [2.24, 2.45) is 0 Å². The van der Waals surface area contributed by atoms with E-state index in [0.29, 0.717) is 19.0 Å². The molecule has 1 aliphatic rings. The van der Waals surface area contributed by atoms with Crippen molar-refractivity contribution in [2.45, 2.75) is 37.2 Å². The number of benzene rings is 1. The highest BCUT2D eigenvalue weighted by Crippen LogP contribution is 2.30. The number of ether oxygens (including phenoxy) is 2. The zero-order valence-corrected chi connectivity index (χ0v) is 19.2. The van der Waals surface area contributed by atoms with Crippen LogP contribution in [-0.4, -0.2) is 49.0 Å². The van der Waals surface area contributed by atoms with Gasteiger partial charge in [-0.05, 0) is 42.5 Å². The molecule has 1 aromatic carbocycles. The van der Waals surface area contributed by atoms with Crippen LogP contribution in [0, 0.1) is 0 Å². The Labute approximate surface area is 190 Å². The quantitative estimate of drug-likeness (QED) is 0.473. The van der Waals surface area contributed by atoms with Crippen molar-refractivity contribution in [3.8, 4) is 17.2 Å². The van der Waals surface area contributed by atoms with Crippen molar-refractivity contribution in [2.75, 3.05) is 20.2 Å². The summed E-state index contributed by atoms with van der Waals surface area (Å²) in [4.78, 5) is 16.8. The van der Waals surface area contributed by atoms with Gasteiger partial charge >= 0.3 is 5.97 Å². The largest absolute Gasteiger partial charge is 0.495 e. The van der Waals surface area contributed by atoms with E-state index < -0.39 is 16.0 Å². The van der Waals surface area contributed by atoms with Crippen LogP contribution in [0.4, 0.5) is 0 Å². The van der Waals surface area contributed by atoms with E-state index in [4.69, 9.17) is 14.0 Å². The van der Waals surface area contributed by atoms with Gasteiger partial charge in [0.25, 0.3) is 5.89 Å². The fraction of sp³-hybridized carbons (Fsp3) is 0.381. The Hall–Kier alpha value is -2.76. The summed E-state index contributed by atoms with van der Waals surface area (Å²) < 4.78 is 43.7. The molecule has 0 saturated carbocycles. The summed E-state index contributed by atoms with van der Waals surface area (Å²) in [6.45, 7) is 0.696. The third-order valence-corrected chi connectivity index (χ3v) is 7.75. The van der Waals surface area contributed by atoms with Gasteiger partial charge in [-0.1, -0.05) is 18.0 Å². The molecule has 32 heavy (non-hydrogen) atoms. The lowest BCUT2D eigenvalue weighted by atomic mass is 10.2. The smallest absolute Gasteiger partial charge is 0.338 e. The molecule has 3 aromatic rings. The maximum Gasteiger partial charge on any atom is 0.338 e. The van der Waals surface area contributed by atoms with Gasteiger partial charge in [0.05, 0.1) is 18.2 Å². The maximum absolute atomic E-state index is 13.3. The van der Waals surface area contributed by atoms with Crippen LogP contribution in [0.15, 0.2) is 44.4 Å². The van der Waals surface area contributed by atoms with Gasteiger partial charge in [-0.15, -0.1) is 0 Å². The van der Waals surface area contributed by atoms with E-state index in [-0.39, 0.29) is 28.6 Å². The summed E-state index contributed by atoms with van der Waals surface area (Å²) in [5.41, 5.74) is 0.888. The lowest BCUT2D eigenvalue weighted by molar-refractivity contribution is 0.0459. The monoisotopic (exact) mass is 477 g/mol. The molecule has 3 heterocycles. The molecule has 0 atom stereocenters. The van der Waals surface area contributed by atoms with Crippen LogP contribution >= 0.6 is 11.3 Å². The van der Waals surface area contributed by atoms with Gasteiger partial charge in [0.1, 0.15) is 10.6 Å². The maximum atomic E-state index is 13.3. The van der Waals surface area contributed by atoms with Crippen molar-refractivity contribution in [1.29, 1.82) is 0 Å². The van der Waals surface area contributed by atoms with Gasteiger partial charge < -0.3 is 14.0 Å². The molecule has 11 heteroatoms. The number of esters is 1. The standard InChI is InChI=1S/C21H23N3O6S2/c1-28-17-7-6-15(12-18(17)32(26,27)24-9-4-2-3-5-10-24)21(25)29-13-19-22-20(30-23-19)16-8-11-31-14-16/h6-8,11-12,14H,2-5,9-10,13H2,1H3. The van der Waals surface area contributed by atoms with E-state index in [1.807, 2.05) is 16.8 Å². The normalized spacial score (nSPS) is 15.3. The highest BCUT2D eigenvalue weighted by Gasteiger charge is 2.29. The van der Waals surface area contributed by atoms with E-state index in [1.54, 1.807) is 0 Å². The van der Waals surface area contributed by atoms with E-state index >= 15 is 0 Å². The number of thiophene rings is 1. The molecule has 0 amide bonds. The molecular weight excluding hydrogens is 454 g/mol. The van der Waals surface area contributed by atoms with Crippen LogP contribution in [0.2, 0.25) is 0 Å². The first-order valence-corrected chi connectivity index (χ1v) is 12.6. The number of carbonyl (C=O) groups is 1. The summed E-state index contributed by atoms with van der Waals surface area (Å²) in [6.07, 6.45) is 3.61.